The van der Waals surface area contributed by atoms with Crippen molar-refractivity contribution in [2.75, 3.05) is 5.32 Å². The van der Waals surface area contributed by atoms with E-state index in [1.54, 1.807) is 24.7 Å². The molecule has 0 radical (unpaired) electrons. The average Bonchev–Trinajstić information content (AvgIpc) is 3.34. The number of fused-ring (bicyclic) bond motifs is 1. The summed E-state index contributed by atoms with van der Waals surface area (Å²) in [6, 6.07) is 14.2. The summed E-state index contributed by atoms with van der Waals surface area (Å²) < 4.78 is 0. The SMILES string of the molecule is CC(CCCC(=O)Nc1ccc2ncc(-c3cn[nH]c3)nc2n1)CCCc1ccccc1. The molecule has 4 aromatic rings. The lowest BCUT2D eigenvalue weighted by Gasteiger charge is -2.11. The first-order valence-corrected chi connectivity index (χ1v) is 11.1. The summed E-state index contributed by atoms with van der Waals surface area (Å²) in [6.07, 6.45) is 11.0. The number of nitrogens with zero attached hydrogens (tertiary/aromatic N) is 4. The lowest BCUT2D eigenvalue weighted by Crippen LogP contribution is -2.13. The fraction of sp³-hybridized carbons (Fsp3) is 0.320. The molecular formula is C25H28N6O. The van der Waals surface area contributed by atoms with Crippen molar-refractivity contribution in [2.45, 2.75) is 45.4 Å². The molecule has 2 N–H and O–H groups in total. The Balaban J connectivity index is 1.23. The quantitative estimate of drug-likeness (QED) is 0.363. The van der Waals surface area contributed by atoms with Crippen molar-refractivity contribution in [3.8, 4) is 11.3 Å². The number of rotatable bonds is 10. The molecule has 3 aromatic heterocycles. The van der Waals surface area contributed by atoms with E-state index in [0.717, 1.165) is 24.8 Å². The largest absolute Gasteiger partial charge is 0.311 e. The first-order chi connectivity index (χ1) is 15.7. The highest BCUT2D eigenvalue weighted by atomic mass is 16.1. The molecule has 32 heavy (non-hydrogen) atoms. The van der Waals surface area contributed by atoms with E-state index in [-0.39, 0.29) is 5.91 Å². The molecule has 3 heterocycles. The third kappa shape index (κ3) is 5.97. The predicted molar refractivity (Wildman–Crippen MR) is 126 cm³/mol. The molecule has 164 valence electrons. The van der Waals surface area contributed by atoms with Gasteiger partial charge >= 0.3 is 0 Å². The Hall–Kier alpha value is -3.61. The second-order valence-electron chi connectivity index (χ2n) is 8.20. The highest BCUT2D eigenvalue weighted by Gasteiger charge is 2.09. The van der Waals surface area contributed by atoms with Gasteiger partial charge in [-0.2, -0.15) is 5.10 Å². The van der Waals surface area contributed by atoms with E-state index in [2.05, 4.69) is 67.7 Å². The van der Waals surface area contributed by atoms with Crippen LogP contribution in [0.15, 0.2) is 61.1 Å². The Bertz CT molecular complexity index is 1140. The summed E-state index contributed by atoms with van der Waals surface area (Å²) in [4.78, 5) is 25.8. The maximum absolute atomic E-state index is 12.4. The molecule has 7 nitrogen and oxygen atoms in total. The van der Waals surface area contributed by atoms with Crippen molar-refractivity contribution >= 4 is 22.9 Å². The molecule has 0 saturated carbocycles. The molecule has 0 spiro atoms. The van der Waals surface area contributed by atoms with Gasteiger partial charge in [-0.25, -0.2) is 9.97 Å². The molecular weight excluding hydrogens is 400 g/mol. The van der Waals surface area contributed by atoms with E-state index in [1.165, 1.54) is 18.4 Å². The second kappa shape index (κ2) is 10.6. The van der Waals surface area contributed by atoms with Gasteiger partial charge in [-0.15, -0.1) is 0 Å². The highest BCUT2D eigenvalue weighted by Crippen LogP contribution is 2.19. The van der Waals surface area contributed by atoms with Crippen LogP contribution >= 0.6 is 0 Å². The number of nitrogens with one attached hydrogen (secondary N) is 2. The first kappa shape index (κ1) is 21.6. The summed E-state index contributed by atoms with van der Waals surface area (Å²) in [5, 5.41) is 9.59. The Kier molecular flexibility index (Phi) is 7.17. The molecule has 0 aliphatic rings. The third-order valence-electron chi connectivity index (χ3n) is 5.57. The van der Waals surface area contributed by atoms with Crippen molar-refractivity contribution < 1.29 is 4.79 Å². The Labute approximate surface area is 187 Å². The van der Waals surface area contributed by atoms with Gasteiger partial charge in [-0.3, -0.25) is 14.9 Å². The number of carbonyl (C=O) groups is 1. The number of carbonyl (C=O) groups excluding carboxylic acids is 1. The summed E-state index contributed by atoms with van der Waals surface area (Å²) >= 11 is 0. The van der Waals surface area contributed by atoms with E-state index >= 15 is 0 Å². The van der Waals surface area contributed by atoms with Crippen LogP contribution < -0.4 is 5.32 Å². The lowest BCUT2D eigenvalue weighted by atomic mass is 9.96. The number of aromatic nitrogens is 5. The number of aryl methyl sites for hydroxylation is 1. The van der Waals surface area contributed by atoms with Gasteiger partial charge < -0.3 is 5.32 Å². The Morgan fingerprint density at radius 3 is 2.69 bits per heavy atom. The van der Waals surface area contributed by atoms with Gasteiger partial charge in [-0.05, 0) is 42.9 Å². The number of benzene rings is 1. The zero-order chi connectivity index (χ0) is 22.2. The molecule has 1 unspecified atom stereocenters. The summed E-state index contributed by atoms with van der Waals surface area (Å²) in [5.74, 6) is 1.09. The number of anilines is 1. The zero-order valence-corrected chi connectivity index (χ0v) is 18.3. The molecule has 0 aliphatic carbocycles. The second-order valence-corrected chi connectivity index (χ2v) is 8.20. The molecule has 1 amide bonds. The van der Waals surface area contributed by atoms with Gasteiger partial charge in [0.25, 0.3) is 0 Å². The number of aromatic amines is 1. The topological polar surface area (TPSA) is 96.5 Å². The highest BCUT2D eigenvalue weighted by molar-refractivity contribution is 5.90. The lowest BCUT2D eigenvalue weighted by molar-refractivity contribution is -0.116. The molecule has 1 aromatic carbocycles. The van der Waals surface area contributed by atoms with E-state index in [4.69, 9.17) is 0 Å². The minimum atomic E-state index is -0.0210. The fourth-order valence-corrected chi connectivity index (χ4v) is 3.76. The van der Waals surface area contributed by atoms with Gasteiger partial charge in [0.15, 0.2) is 5.65 Å². The van der Waals surface area contributed by atoms with Crippen LogP contribution in [0.25, 0.3) is 22.4 Å². The molecule has 1 atom stereocenters. The van der Waals surface area contributed by atoms with Gasteiger partial charge in [0.05, 0.1) is 18.1 Å². The van der Waals surface area contributed by atoms with Crippen LogP contribution in [0.2, 0.25) is 0 Å². The minimum Gasteiger partial charge on any atom is -0.311 e. The van der Waals surface area contributed by atoms with Crippen molar-refractivity contribution in [2.24, 2.45) is 5.92 Å². The van der Waals surface area contributed by atoms with Gasteiger partial charge in [-0.1, -0.05) is 50.1 Å². The number of hydrogen-bond acceptors (Lipinski definition) is 5. The van der Waals surface area contributed by atoms with Crippen molar-refractivity contribution in [1.29, 1.82) is 0 Å². The zero-order valence-electron chi connectivity index (χ0n) is 18.3. The van der Waals surface area contributed by atoms with Crippen LogP contribution in [0.4, 0.5) is 5.82 Å². The smallest absolute Gasteiger partial charge is 0.225 e. The van der Waals surface area contributed by atoms with Crippen LogP contribution in [0.5, 0.6) is 0 Å². The first-order valence-electron chi connectivity index (χ1n) is 11.1. The van der Waals surface area contributed by atoms with Gasteiger partial charge in [0, 0.05) is 18.2 Å². The predicted octanol–water partition coefficient (Wildman–Crippen LogP) is 5.18. The number of amides is 1. The third-order valence-corrected chi connectivity index (χ3v) is 5.57. The monoisotopic (exact) mass is 428 g/mol. The van der Waals surface area contributed by atoms with E-state index < -0.39 is 0 Å². The molecule has 0 bridgehead atoms. The van der Waals surface area contributed by atoms with Crippen LogP contribution in [-0.4, -0.2) is 31.1 Å². The Morgan fingerprint density at radius 2 is 1.88 bits per heavy atom. The van der Waals surface area contributed by atoms with Crippen molar-refractivity contribution in [3.05, 3.63) is 66.6 Å². The summed E-state index contributed by atoms with van der Waals surface area (Å²) in [5.41, 5.74) is 4.09. The minimum absolute atomic E-state index is 0.0210. The van der Waals surface area contributed by atoms with Crippen molar-refractivity contribution in [3.63, 3.8) is 0 Å². The van der Waals surface area contributed by atoms with Crippen LogP contribution in [0.1, 0.15) is 44.6 Å². The van der Waals surface area contributed by atoms with E-state index in [0.29, 0.717) is 35.0 Å². The maximum Gasteiger partial charge on any atom is 0.225 e. The summed E-state index contributed by atoms with van der Waals surface area (Å²) in [6.45, 7) is 2.27. The maximum atomic E-state index is 12.4. The molecule has 0 saturated heterocycles. The molecule has 4 rings (SSSR count). The van der Waals surface area contributed by atoms with Crippen LogP contribution in [0.3, 0.4) is 0 Å². The van der Waals surface area contributed by atoms with Crippen LogP contribution in [0, 0.1) is 5.92 Å². The van der Waals surface area contributed by atoms with Gasteiger partial charge in [0.2, 0.25) is 5.91 Å². The van der Waals surface area contributed by atoms with E-state index in [1.807, 2.05) is 6.07 Å². The Morgan fingerprint density at radius 1 is 1.03 bits per heavy atom. The molecule has 0 aliphatic heterocycles. The number of pyridine rings is 1. The average molecular weight is 429 g/mol. The molecule has 0 fully saturated rings. The standard InChI is InChI=1S/C25H28N6O/c1-18(7-5-11-19-9-3-2-4-10-19)8-6-12-24(32)30-23-14-13-21-25(31-23)29-22(17-26-21)20-15-27-28-16-20/h2-4,9-10,13-18H,5-8,11-12H2,1H3,(H,27,28)(H,29,30,31,32). The van der Waals surface area contributed by atoms with Crippen LogP contribution in [-0.2, 0) is 11.2 Å². The van der Waals surface area contributed by atoms with Gasteiger partial charge in [0.1, 0.15) is 11.3 Å². The number of H-pyrrole nitrogens is 1. The van der Waals surface area contributed by atoms with Crippen molar-refractivity contribution in [1.82, 2.24) is 25.1 Å². The summed E-state index contributed by atoms with van der Waals surface area (Å²) in [7, 11) is 0. The fourth-order valence-electron chi connectivity index (χ4n) is 3.76. The van der Waals surface area contributed by atoms with E-state index in [9.17, 15) is 4.79 Å². The number of hydrogen-bond donors (Lipinski definition) is 2. The molecule has 7 heteroatoms. The normalized spacial score (nSPS) is 12.0.